The summed E-state index contributed by atoms with van der Waals surface area (Å²) in [4.78, 5) is 4.11. The van der Waals surface area contributed by atoms with Crippen LogP contribution in [0.5, 0.6) is 11.5 Å². The molecular weight excluding hydrogens is 224 g/mol. The van der Waals surface area contributed by atoms with Crippen molar-refractivity contribution in [1.29, 1.82) is 0 Å². The number of hydrogen-bond acceptors (Lipinski definition) is 5. The fourth-order valence-electron chi connectivity index (χ4n) is 1.21. The minimum atomic E-state index is 0.391. The number of benzene rings is 1. The Hall–Kier alpha value is -1.75. The van der Waals surface area contributed by atoms with Gasteiger partial charge in [0.1, 0.15) is 28.8 Å². The van der Waals surface area contributed by atoms with Gasteiger partial charge >= 0.3 is 0 Å². The van der Waals surface area contributed by atoms with Crippen LogP contribution in [0.3, 0.4) is 0 Å². The molecule has 0 unspecified atom stereocenters. The molecule has 0 saturated heterocycles. The predicted molar refractivity (Wildman–Crippen MR) is 63.9 cm³/mol. The fraction of sp³-hybridized carbons (Fsp3) is 0.182. The van der Waals surface area contributed by atoms with Crippen molar-refractivity contribution < 1.29 is 9.47 Å². The molecule has 1 heterocycles. The lowest BCUT2D eigenvalue weighted by atomic mass is 10.3. The zero-order valence-electron chi connectivity index (χ0n) is 8.84. The van der Waals surface area contributed by atoms with E-state index in [1.165, 1.54) is 11.3 Å². The van der Waals surface area contributed by atoms with E-state index >= 15 is 0 Å². The summed E-state index contributed by atoms with van der Waals surface area (Å²) >= 11 is 1.41. The Morgan fingerprint density at radius 3 is 2.50 bits per heavy atom. The van der Waals surface area contributed by atoms with E-state index in [1.54, 1.807) is 12.6 Å². The first-order valence-corrected chi connectivity index (χ1v) is 5.62. The number of nitrogens with two attached hydrogens (primary N) is 1. The predicted octanol–water partition coefficient (Wildman–Crippen LogP) is 2.31. The second kappa shape index (κ2) is 4.85. The lowest BCUT2D eigenvalue weighted by Gasteiger charge is -2.05. The molecule has 4 nitrogen and oxygen atoms in total. The lowest BCUT2D eigenvalue weighted by molar-refractivity contribution is 0.302. The molecule has 2 aromatic rings. The first kappa shape index (κ1) is 10.8. The molecule has 16 heavy (non-hydrogen) atoms. The average Bonchev–Trinajstić information content (AvgIpc) is 2.73. The van der Waals surface area contributed by atoms with Crippen LogP contribution in [-0.4, -0.2) is 12.1 Å². The molecular formula is C11H12N2O2S. The van der Waals surface area contributed by atoms with E-state index in [9.17, 15) is 0 Å². The molecule has 1 aromatic carbocycles. The van der Waals surface area contributed by atoms with Gasteiger partial charge in [0.15, 0.2) is 0 Å². The summed E-state index contributed by atoms with van der Waals surface area (Å²) in [5.41, 5.74) is 8.20. The van der Waals surface area contributed by atoms with Crippen molar-refractivity contribution in [3.8, 4) is 11.5 Å². The highest BCUT2D eigenvalue weighted by Crippen LogP contribution is 2.20. The number of rotatable bonds is 4. The van der Waals surface area contributed by atoms with Crippen molar-refractivity contribution in [2.45, 2.75) is 6.61 Å². The summed E-state index contributed by atoms with van der Waals surface area (Å²) in [6.45, 7) is 0.391. The maximum atomic E-state index is 5.71. The van der Waals surface area contributed by atoms with Crippen molar-refractivity contribution in [3.63, 3.8) is 0 Å². The van der Waals surface area contributed by atoms with Gasteiger partial charge in [-0.1, -0.05) is 0 Å². The van der Waals surface area contributed by atoms with Crippen molar-refractivity contribution in [2.24, 2.45) is 0 Å². The van der Waals surface area contributed by atoms with E-state index in [0.29, 0.717) is 11.6 Å². The Morgan fingerprint density at radius 2 is 1.94 bits per heavy atom. The molecule has 84 valence electrons. The normalized spacial score (nSPS) is 10.1. The maximum absolute atomic E-state index is 5.71. The minimum absolute atomic E-state index is 0.391. The van der Waals surface area contributed by atoms with E-state index in [-0.39, 0.29) is 0 Å². The highest BCUT2D eigenvalue weighted by Gasteiger charge is 2.03. The Balaban J connectivity index is 1.97. The van der Waals surface area contributed by atoms with Gasteiger partial charge in [-0.3, -0.25) is 0 Å². The molecule has 0 aliphatic heterocycles. The van der Waals surface area contributed by atoms with Gasteiger partial charge in [-0.2, -0.15) is 0 Å². The van der Waals surface area contributed by atoms with Gasteiger partial charge in [0, 0.05) is 0 Å². The Kier molecular flexibility index (Phi) is 3.26. The molecule has 0 bridgehead atoms. The van der Waals surface area contributed by atoms with Crippen LogP contribution in [0, 0.1) is 0 Å². The summed E-state index contributed by atoms with van der Waals surface area (Å²) in [7, 11) is 1.63. The third-order valence-corrected chi connectivity index (χ3v) is 2.81. The molecule has 0 aliphatic carbocycles. The summed E-state index contributed by atoms with van der Waals surface area (Å²) in [5, 5.41) is 0.702. The van der Waals surface area contributed by atoms with E-state index in [4.69, 9.17) is 15.2 Å². The van der Waals surface area contributed by atoms with Crippen LogP contribution in [0.4, 0.5) is 5.00 Å². The number of nitrogens with zero attached hydrogens (tertiary/aromatic N) is 1. The number of nitrogen functional groups attached to an aromatic ring is 1. The van der Waals surface area contributed by atoms with Crippen molar-refractivity contribution in [1.82, 2.24) is 4.98 Å². The quantitative estimate of drug-likeness (QED) is 0.885. The van der Waals surface area contributed by atoms with Crippen LogP contribution in [0.25, 0.3) is 0 Å². The van der Waals surface area contributed by atoms with Gasteiger partial charge in [-0.25, -0.2) is 4.98 Å². The summed E-state index contributed by atoms with van der Waals surface area (Å²) in [5.74, 6) is 1.58. The molecule has 0 aliphatic rings. The minimum Gasteiger partial charge on any atom is -0.497 e. The van der Waals surface area contributed by atoms with Gasteiger partial charge in [0.2, 0.25) is 0 Å². The van der Waals surface area contributed by atoms with Crippen LogP contribution in [-0.2, 0) is 6.61 Å². The Labute approximate surface area is 97.6 Å². The van der Waals surface area contributed by atoms with Gasteiger partial charge in [-0.05, 0) is 24.3 Å². The highest BCUT2D eigenvalue weighted by atomic mass is 32.1. The summed E-state index contributed by atoms with van der Waals surface area (Å²) in [6.07, 6.45) is 0. The first-order valence-electron chi connectivity index (χ1n) is 4.74. The zero-order valence-corrected chi connectivity index (χ0v) is 9.66. The van der Waals surface area contributed by atoms with E-state index in [1.807, 2.05) is 24.3 Å². The number of ether oxygens (including phenoxy) is 2. The standard InChI is InChI=1S/C11H12N2O2S/c1-14-8-2-4-9(5-3-8)15-6-10-11(12)16-7-13-10/h2-5,7H,6,12H2,1H3. The number of thiazole rings is 1. The van der Waals surface area contributed by atoms with Gasteiger partial charge in [-0.15, -0.1) is 11.3 Å². The van der Waals surface area contributed by atoms with Crippen LogP contribution >= 0.6 is 11.3 Å². The van der Waals surface area contributed by atoms with Crippen LogP contribution in [0.15, 0.2) is 29.8 Å². The summed E-state index contributed by atoms with van der Waals surface area (Å²) in [6, 6.07) is 7.39. The number of methoxy groups -OCH3 is 1. The molecule has 0 radical (unpaired) electrons. The molecule has 0 amide bonds. The monoisotopic (exact) mass is 236 g/mol. The van der Waals surface area contributed by atoms with E-state index in [0.717, 1.165) is 17.2 Å². The molecule has 0 fully saturated rings. The number of aromatic nitrogens is 1. The molecule has 0 saturated carbocycles. The Bertz CT molecular complexity index is 453. The van der Waals surface area contributed by atoms with Crippen molar-refractivity contribution in [3.05, 3.63) is 35.5 Å². The third-order valence-electron chi connectivity index (χ3n) is 2.11. The molecule has 2 N–H and O–H groups in total. The van der Waals surface area contributed by atoms with Crippen LogP contribution < -0.4 is 15.2 Å². The van der Waals surface area contributed by atoms with Gasteiger partial charge in [0.05, 0.1) is 12.6 Å². The molecule has 2 rings (SSSR count). The second-order valence-electron chi connectivity index (χ2n) is 3.13. The molecule has 0 atom stereocenters. The van der Waals surface area contributed by atoms with Crippen LogP contribution in [0.2, 0.25) is 0 Å². The first-order chi connectivity index (χ1) is 7.79. The van der Waals surface area contributed by atoms with E-state index in [2.05, 4.69) is 4.98 Å². The number of anilines is 1. The zero-order chi connectivity index (χ0) is 11.4. The summed E-state index contributed by atoms with van der Waals surface area (Å²) < 4.78 is 10.6. The SMILES string of the molecule is COc1ccc(OCc2ncsc2N)cc1. The Morgan fingerprint density at radius 1 is 1.25 bits per heavy atom. The van der Waals surface area contributed by atoms with Crippen molar-refractivity contribution >= 4 is 16.3 Å². The van der Waals surface area contributed by atoms with Crippen molar-refractivity contribution in [2.75, 3.05) is 12.8 Å². The molecule has 0 spiro atoms. The third kappa shape index (κ3) is 2.43. The van der Waals surface area contributed by atoms with Crippen LogP contribution in [0.1, 0.15) is 5.69 Å². The average molecular weight is 236 g/mol. The molecule has 1 aromatic heterocycles. The maximum Gasteiger partial charge on any atom is 0.133 e. The number of hydrogen-bond donors (Lipinski definition) is 1. The molecule has 5 heteroatoms. The van der Waals surface area contributed by atoms with E-state index < -0.39 is 0 Å². The lowest BCUT2D eigenvalue weighted by Crippen LogP contribution is -1.98. The van der Waals surface area contributed by atoms with Gasteiger partial charge in [0.25, 0.3) is 0 Å². The topological polar surface area (TPSA) is 57.4 Å². The largest absolute Gasteiger partial charge is 0.497 e. The smallest absolute Gasteiger partial charge is 0.133 e. The van der Waals surface area contributed by atoms with Gasteiger partial charge < -0.3 is 15.2 Å². The fourth-order valence-corrected chi connectivity index (χ4v) is 1.75. The highest BCUT2D eigenvalue weighted by molar-refractivity contribution is 7.13. The second-order valence-corrected chi connectivity index (χ2v) is 4.01.